The molecule has 1 rings (SSSR count). The Bertz CT molecular complexity index is 576. The van der Waals surface area contributed by atoms with Gasteiger partial charge in [-0.3, -0.25) is 14.6 Å². The molecule has 2 N–H and O–H groups in total. The number of halogens is 1. The quantitative estimate of drug-likeness (QED) is 0.220. The predicted octanol–water partition coefficient (Wildman–Crippen LogP) is 2.25. The van der Waals surface area contributed by atoms with Gasteiger partial charge in [-0.1, -0.05) is 6.07 Å². The zero-order chi connectivity index (χ0) is 19.4. The van der Waals surface area contributed by atoms with Crippen LogP contribution in [0.1, 0.15) is 36.9 Å². The van der Waals surface area contributed by atoms with Gasteiger partial charge in [-0.25, -0.2) is 0 Å². The van der Waals surface area contributed by atoms with Crippen LogP contribution in [0, 0.1) is 0 Å². The average Bonchev–Trinajstić information content (AvgIpc) is 3.16. The standard InChI is InChI=1S/C18H31N5O2S.HI/c1-5-19-18(22(4)14-16(24)23(6-2)7-3)21-12-9-11-20-17(25)15-10-8-13-26-15;/h8,10,13H,5-7,9,11-12,14H2,1-4H3,(H,19,21)(H,20,25);1H. The number of hydrogen-bond acceptors (Lipinski definition) is 4. The van der Waals surface area contributed by atoms with Crippen LogP contribution in [0.2, 0.25) is 0 Å². The van der Waals surface area contributed by atoms with Crippen LogP contribution in [0.15, 0.2) is 22.5 Å². The van der Waals surface area contributed by atoms with Gasteiger partial charge in [0, 0.05) is 39.8 Å². The number of nitrogens with one attached hydrogen (secondary N) is 2. The minimum absolute atomic E-state index is 0. The van der Waals surface area contributed by atoms with Crippen LogP contribution in [0.4, 0.5) is 0 Å². The van der Waals surface area contributed by atoms with Crippen LogP contribution in [0.3, 0.4) is 0 Å². The molecule has 0 radical (unpaired) electrons. The summed E-state index contributed by atoms with van der Waals surface area (Å²) in [7, 11) is 1.86. The third kappa shape index (κ3) is 9.41. The molecule has 27 heavy (non-hydrogen) atoms. The number of carbonyl (C=O) groups excluding carboxylic acids is 2. The Morgan fingerprint density at radius 3 is 2.44 bits per heavy atom. The van der Waals surface area contributed by atoms with Crippen molar-refractivity contribution in [3.63, 3.8) is 0 Å². The highest BCUT2D eigenvalue weighted by atomic mass is 127. The maximum Gasteiger partial charge on any atom is 0.261 e. The van der Waals surface area contributed by atoms with Gasteiger partial charge in [0.1, 0.15) is 0 Å². The summed E-state index contributed by atoms with van der Waals surface area (Å²) in [5, 5.41) is 7.98. The first kappa shape index (κ1) is 25.6. The van der Waals surface area contributed by atoms with E-state index in [0.717, 1.165) is 17.8 Å². The lowest BCUT2D eigenvalue weighted by Gasteiger charge is -2.25. The van der Waals surface area contributed by atoms with Crippen molar-refractivity contribution < 1.29 is 9.59 Å². The second kappa shape index (κ2) is 14.7. The fraction of sp³-hybridized carbons (Fsp3) is 0.611. The average molecular weight is 509 g/mol. The molecule has 1 aromatic rings. The molecule has 1 heterocycles. The van der Waals surface area contributed by atoms with Gasteiger partial charge in [-0.05, 0) is 38.6 Å². The maximum absolute atomic E-state index is 12.2. The molecule has 0 atom stereocenters. The number of rotatable bonds is 10. The van der Waals surface area contributed by atoms with Gasteiger partial charge in [0.25, 0.3) is 5.91 Å². The van der Waals surface area contributed by atoms with Crippen molar-refractivity contribution in [2.24, 2.45) is 4.99 Å². The number of amides is 2. The number of guanidine groups is 1. The molecular formula is C18H32IN5O2S. The molecule has 0 fully saturated rings. The molecule has 0 saturated carbocycles. The third-order valence-corrected chi connectivity index (χ3v) is 4.68. The largest absolute Gasteiger partial charge is 0.357 e. The Balaban J connectivity index is 0.00000676. The molecular weight excluding hydrogens is 477 g/mol. The summed E-state index contributed by atoms with van der Waals surface area (Å²) >= 11 is 1.43. The second-order valence-corrected chi connectivity index (χ2v) is 6.69. The summed E-state index contributed by atoms with van der Waals surface area (Å²) in [5.74, 6) is 0.752. The smallest absolute Gasteiger partial charge is 0.261 e. The van der Waals surface area contributed by atoms with Crippen molar-refractivity contribution in [1.82, 2.24) is 20.4 Å². The highest BCUT2D eigenvalue weighted by molar-refractivity contribution is 14.0. The number of likely N-dealkylation sites (N-methyl/N-ethyl adjacent to an activating group) is 2. The number of carbonyl (C=O) groups is 2. The van der Waals surface area contributed by atoms with Gasteiger partial charge in [0.2, 0.25) is 5.91 Å². The molecule has 0 aliphatic rings. The minimum atomic E-state index is -0.0437. The van der Waals surface area contributed by atoms with E-state index in [1.807, 2.05) is 50.2 Å². The second-order valence-electron chi connectivity index (χ2n) is 5.74. The van der Waals surface area contributed by atoms with Crippen molar-refractivity contribution in [3.05, 3.63) is 22.4 Å². The SMILES string of the molecule is CCNC(=NCCCNC(=O)c1cccs1)N(C)CC(=O)N(CC)CC.I. The van der Waals surface area contributed by atoms with Gasteiger partial charge in [-0.15, -0.1) is 35.3 Å². The molecule has 154 valence electrons. The number of nitrogens with zero attached hydrogens (tertiary/aromatic N) is 3. The van der Waals surface area contributed by atoms with Crippen molar-refractivity contribution >= 4 is 53.1 Å². The van der Waals surface area contributed by atoms with E-state index in [-0.39, 0.29) is 35.8 Å². The predicted molar refractivity (Wildman–Crippen MR) is 123 cm³/mol. The summed E-state index contributed by atoms with van der Waals surface area (Å²) in [6.07, 6.45) is 0.740. The van der Waals surface area contributed by atoms with Crippen LogP contribution in [0.25, 0.3) is 0 Å². The van der Waals surface area contributed by atoms with E-state index in [4.69, 9.17) is 0 Å². The Morgan fingerprint density at radius 1 is 1.19 bits per heavy atom. The number of thiophene rings is 1. The van der Waals surface area contributed by atoms with E-state index in [2.05, 4.69) is 15.6 Å². The topological polar surface area (TPSA) is 77.0 Å². The third-order valence-electron chi connectivity index (χ3n) is 3.81. The number of hydrogen-bond donors (Lipinski definition) is 2. The first-order chi connectivity index (χ1) is 12.5. The minimum Gasteiger partial charge on any atom is -0.357 e. The normalized spacial score (nSPS) is 10.7. The highest BCUT2D eigenvalue weighted by Crippen LogP contribution is 2.07. The molecule has 0 aliphatic carbocycles. The summed E-state index contributed by atoms with van der Waals surface area (Å²) in [5.41, 5.74) is 0. The Kier molecular flexibility index (Phi) is 13.9. The van der Waals surface area contributed by atoms with Gasteiger partial charge in [0.15, 0.2) is 5.96 Å². The van der Waals surface area contributed by atoms with E-state index in [0.29, 0.717) is 38.7 Å². The van der Waals surface area contributed by atoms with Crippen molar-refractivity contribution in [1.29, 1.82) is 0 Å². The monoisotopic (exact) mass is 509 g/mol. The highest BCUT2D eigenvalue weighted by Gasteiger charge is 2.14. The molecule has 2 amide bonds. The van der Waals surface area contributed by atoms with E-state index >= 15 is 0 Å². The van der Waals surface area contributed by atoms with E-state index < -0.39 is 0 Å². The van der Waals surface area contributed by atoms with Crippen LogP contribution in [0.5, 0.6) is 0 Å². The van der Waals surface area contributed by atoms with E-state index in [1.165, 1.54) is 11.3 Å². The summed E-state index contributed by atoms with van der Waals surface area (Å²) in [4.78, 5) is 33.0. The zero-order valence-electron chi connectivity index (χ0n) is 16.7. The fourth-order valence-corrected chi connectivity index (χ4v) is 3.02. The Labute approximate surface area is 183 Å². The first-order valence-electron chi connectivity index (χ1n) is 9.12. The number of aliphatic imine (C=N–C) groups is 1. The van der Waals surface area contributed by atoms with Crippen molar-refractivity contribution in [3.8, 4) is 0 Å². The van der Waals surface area contributed by atoms with Crippen molar-refractivity contribution in [2.75, 3.05) is 46.3 Å². The first-order valence-corrected chi connectivity index (χ1v) is 10.00. The van der Waals surface area contributed by atoms with Gasteiger partial charge in [-0.2, -0.15) is 0 Å². The zero-order valence-corrected chi connectivity index (χ0v) is 19.8. The van der Waals surface area contributed by atoms with Crippen LogP contribution in [-0.2, 0) is 4.79 Å². The van der Waals surface area contributed by atoms with Crippen LogP contribution >= 0.6 is 35.3 Å². The van der Waals surface area contributed by atoms with E-state index in [1.54, 1.807) is 4.90 Å². The molecule has 0 saturated heterocycles. The lowest BCUT2D eigenvalue weighted by Crippen LogP contribution is -2.45. The lowest BCUT2D eigenvalue weighted by atomic mass is 10.4. The molecule has 9 heteroatoms. The summed E-state index contributed by atoms with van der Waals surface area (Å²) in [6.45, 7) is 9.55. The summed E-state index contributed by atoms with van der Waals surface area (Å²) < 4.78 is 0. The lowest BCUT2D eigenvalue weighted by molar-refractivity contribution is -0.131. The Hall–Kier alpha value is -1.36. The maximum atomic E-state index is 12.2. The molecule has 0 aromatic carbocycles. The van der Waals surface area contributed by atoms with Crippen molar-refractivity contribution in [2.45, 2.75) is 27.2 Å². The van der Waals surface area contributed by atoms with Gasteiger partial charge < -0.3 is 20.4 Å². The van der Waals surface area contributed by atoms with Crippen LogP contribution in [-0.4, -0.2) is 73.9 Å². The molecule has 0 bridgehead atoms. The molecule has 0 unspecified atom stereocenters. The molecule has 1 aromatic heterocycles. The molecule has 7 nitrogen and oxygen atoms in total. The summed E-state index contributed by atoms with van der Waals surface area (Å²) in [6, 6.07) is 3.67. The van der Waals surface area contributed by atoms with E-state index in [9.17, 15) is 9.59 Å². The molecule has 0 aliphatic heterocycles. The Morgan fingerprint density at radius 2 is 1.89 bits per heavy atom. The van der Waals surface area contributed by atoms with Gasteiger partial charge in [0.05, 0.1) is 11.4 Å². The van der Waals surface area contributed by atoms with Crippen LogP contribution < -0.4 is 10.6 Å². The fourth-order valence-electron chi connectivity index (χ4n) is 2.38. The molecule has 0 spiro atoms. The van der Waals surface area contributed by atoms with Gasteiger partial charge >= 0.3 is 0 Å².